The average molecular weight is 208 g/mol. The summed E-state index contributed by atoms with van der Waals surface area (Å²) in [6.45, 7) is 2.28. The number of pyridine rings is 1. The van der Waals surface area contributed by atoms with Crippen LogP contribution in [0.25, 0.3) is 11.2 Å². The van der Waals surface area contributed by atoms with Crippen molar-refractivity contribution in [1.82, 2.24) is 14.5 Å². The van der Waals surface area contributed by atoms with E-state index < -0.39 is 4.92 Å². The monoisotopic (exact) mass is 208 g/mol. The molecule has 0 atom stereocenters. The minimum atomic E-state index is -0.548. The van der Waals surface area contributed by atoms with Gasteiger partial charge in [-0.15, -0.1) is 0 Å². The summed E-state index contributed by atoms with van der Waals surface area (Å²) in [4.78, 5) is 27.7. The van der Waals surface area contributed by atoms with Crippen molar-refractivity contribution in [3.8, 4) is 0 Å². The fourth-order valence-corrected chi connectivity index (χ4v) is 1.43. The molecule has 2 aromatic rings. The molecule has 0 aliphatic heterocycles. The Bertz CT molecular complexity index is 583. The molecule has 2 aromatic heterocycles. The van der Waals surface area contributed by atoms with Crippen molar-refractivity contribution in [2.24, 2.45) is 0 Å². The van der Waals surface area contributed by atoms with Crippen LogP contribution in [-0.4, -0.2) is 19.5 Å². The van der Waals surface area contributed by atoms with Crippen LogP contribution in [0, 0.1) is 10.1 Å². The van der Waals surface area contributed by atoms with E-state index in [1.165, 1.54) is 10.6 Å². The Morgan fingerprint density at radius 3 is 3.00 bits per heavy atom. The van der Waals surface area contributed by atoms with Crippen molar-refractivity contribution in [2.45, 2.75) is 13.5 Å². The molecule has 0 saturated carbocycles. The fourth-order valence-electron chi connectivity index (χ4n) is 1.43. The number of hydrogen-bond donors (Lipinski definition) is 1. The van der Waals surface area contributed by atoms with Crippen molar-refractivity contribution >= 4 is 16.9 Å². The van der Waals surface area contributed by atoms with E-state index in [1.807, 2.05) is 0 Å². The molecule has 7 heteroatoms. The summed E-state index contributed by atoms with van der Waals surface area (Å²) in [5, 5.41) is 10.5. The maximum Gasteiger partial charge on any atom is 0.327 e. The smallest absolute Gasteiger partial charge is 0.304 e. The Balaban J connectivity index is 2.75. The highest BCUT2D eigenvalue weighted by molar-refractivity contribution is 5.72. The van der Waals surface area contributed by atoms with Crippen LogP contribution >= 0.6 is 0 Å². The maximum atomic E-state index is 11.3. The van der Waals surface area contributed by atoms with Gasteiger partial charge in [0, 0.05) is 12.6 Å². The first-order valence-corrected chi connectivity index (χ1v) is 4.36. The molecule has 7 nitrogen and oxygen atoms in total. The summed E-state index contributed by atoms with van der Waals surface area (Å²) in [6.07, 6.45) is 1.14. The average Bonchev–Trinajstić information content (AvgIpc) is 2.51. The lowest BCUT2D eigenvalue weighted by Gasteiger charge is -1.95. The van der Waals surface area contributed by atoms with Gasteiger partial charge in [-0.3, -0.25) is 14.7 Å². The Morgan fingerprint density at radius 1 is 1.67 bits per heavy atom. The number of aromatic nitrogens is 3. The first kappa shape index (κ1) is 9.38. The zero-order valence-electron chi connectivity index (χ0n) is 7.93. The van der Waals surface area contributed by atoms with Gasteiger partial charge in [-0.05, 0) is 6.92 Å². The third-order valence-corrected chi connectivity index (χ3v) is 2.12. The van der Waals surface area contributed by atoms with E-state index in [0.29, 0.717) is 17.7 Å². The normalized spacial score (nSPS) is 10.7. The van der Waals surface area contributed by atoms with E-state index in [2.05, 4.69) is 9.97 Å². The summed E-state index contributed by atoms with van der Waals surface area (Å²) in [5.74, 6) is 0. The van der Waals surface area contributed by atoms with E-state index in [9.17, 15) is 14.9 Å². The highest BCUT2D eigenvalue weighted by Gasteiger charge is 2.11. The van der Waals surface area contributed by atoms with Crippen molar-refractivity contribution in [2.75, 3.05) is 0 Å². The van der Waals surface area contributed by atoms with Crippen LogP contribution in [0.5, 0.6) is 0 Å². The van der Waals surface area contributed by atoms with Gasteiger partial charge < -0.3 is 4.98 Å². The van der Waals surface area contributed by atoms with Gasteiger partial charge in [-0.2, -0.15) is 0 Å². The largest absolute Gasteiger partial charge is 0.327 e. The highest BCUT2D eigenvalue weighted by atomic mass is 16.6. The second kappa shape index (κ2) is 3.19. The summed E-state index contributed by atoms with van der Waals surface area (Å²) >= 11 is 0. The number of nitrogens with one attached hydrogen (secondary N) is 1. The lowest BCUT2D eigenvalue weighted by atomic mass is 10.4. The number of hydrogen-bond acceptors (Lipinski definition) is 4. The molecular weight excluding hydrogens is 200 g/mol. The van der Waals surface area contributed by atoms with Gasteiger partial charge >= 0.3 is 5.69 Å². The highest BCUT2D eigenvalue weighted by Crippen LogP contribution is 2.14. The van der Waals surface area contributed by atoms with Gasteiger partial charge in [0.05, 0.1) is 10.4 Å². The van der Waals surface area contributed by atoms with Gasteiger partial charge in [0.15, 0.2) is 5.65 Å². The molecule has 0 spiro atoms. The summed E-state index contributed by atoms with van der Waals surface area (Å²) in [5.41, 5.74) is 0.386. The molecule has 0 fully saturated rings. The first-order valence-electron chi connectivity index (χ1n) is 4.36. The molecule has 1 N–H and O–H groups in total. The van der Waals surface area contributed by atoms with Crippen molar-refractivity contribution < 1.29 is 4.92 Å². The number of imidazole rings is 1. The quantitative estimate of drug-likeness (QED) is 0.579. The predicted molar refractivity (Wildman–Crippen MR) is 52.7 cm³/mol. The van der Waals surface area contributed by atoms with Crippen molar-refractivity contribution in [3.05, 3.63) is 32.9 Å². The number of nitrogens with zero attached hydrogens (tertiary/aromatic N) is 3. The molecule has 0 bridgehead atoms. The Kier molecular flexibility index (Phi) is 2.00. The number of aryl methyl sites for hydroxylation is 1. The van der Waals surface area contributed by atoms with Gasteiger partial charge in [-0.25, -0.2) is 9.78 Å². The van der Waals surface area contributed by atoms with Crippen molar-refractivity contribution in [3.63, 3.8) is 0 Å². The van der Waals surface area contributed by atoms with Crippen LogP contribution in [0.1, 0.15) is 6.92 Å². The standard InChI is InChI=1S/C8H8N4O3/c1-2-11-7-6(10-8(11)13)3-5(4-9-7)12(14)15/h3-4H,2H2,1H3,(H,10,13). The Morgan fingerprint density at radius 2 is 2.40 bits per heavy atom. The van der Waals surface area contributed by atoms with Crippen LogP contribution < -0.4 is 5.69 Å². The summed E-state index contributed by atoms with van der Waals surface area (Å²) in [6, 6.07) is 1.30. The molecule has 0 saturated heterocycles. The number of rotatable bonds is 2. The van der Waals surface area contributed by atoms with E-state index in [1.54, 1.807) is 6.92 Å². The second-order valence-electron chi connectivity index (χ2n) is 3.00. The first-order chi connectivity index (χ1) is 7.13. The minimum Gasteiger partial charge on any atom is -0.304 e. The van der Waals surface area contributed by atoms with Crippen molar-refractivity contribution in [1.29, 1.82) is 0 Å². The van der Waals surface area contributed by atoms with Crippen LogP contribution in [0.3, 0.4) is 0 Å². The Hall–Kier alpha value is -2.18. The van der Waals surface area contributed by atoms with Gasteiger partial charge in [0.25, 0.3) is 5.69 Å². The molecular formula is C8H8N4O3. The zero-order chi connectivity index (χ0) is 11.0. The minimum absolute atomic E-state index is 0.132. The topological polar surface area (TPSA) is 93.8 Å². The second-order valence-corrected chi connectivity index (χ2v) is 3.00. The van der Waals surface area contributed by atoms with E-state index >= 15 is 0 Å². The fraction of sp³-hybridized carbons (Fsp3) is 0.250. The molecule has 0 aliphatic rings. The molecule has 0 aromatic carbocycles. The molecule has 78 valence electrons. The molecule has 0 aliphatic carbocycles. The third-order valence-electron chi connectivity index (χ3n) is 2.12. The van der Waals surface area contributed by atoms with E-state index in [4.69, 9.17) is 0 Å². The summed E-state index contributed by atoms with van der Waals surface area (Å²) in [7, 11) is 0. The van der Waals surface area contributed by atoms with E-state index in [0.717, 1.165) is 6.20 Å². The van der Waals surface area contributed by atoms with Gasteiger partial charge in [0.1, 0.15) is 6.20 Å². The molecule has 2 heterocycles. The Labute approximate surface area is 83.5 Å². The third kappa shape index (κ3) is 1.37. The van der Waals surface area contributed by atoms with E-state index in [-0.39, 0.29) is 11.4 Å². The SMILES string of the molecule is CCn1c(=O)[nH]c2cc([N+](=O)[O-])cnc21. The predicted octanol–water partition coefficient (Wildman–Crippen LogP) is 0.653. The van der Waals surface area contributed by atoms with Crippen LogP contribution in [0.2, 0.25) is 0 Å². The summed E-state index contributed by atoms with van der Waals surface area (Å²) < 4.78 is 1.42. The molecule has 15 heavy (non-hydrogen) atoms. The van der Waals surface area contributed by atoms with Crippen LogP contribution in [0.15, 0.2) is 17.1 Å². The number of aromatic amines is 1. The van der Waals surface area contributed by atoms with Gasteiger partial charge in [0.2, 0.25) is 0 Å². The van der Waals surface area contributed by atoms with Crippen LogP contribution in [-0.2, 0) is 6.54 Å². The molecule has 0 unspecified atom stereocenters. The number of nitro groups is 1. The molecule has 0 radical (unpaired) electrons. The van der Waals surface area contributed by atoms with Gasteiger partial charge in [-0.1, -0.05) is 0 Å². The zero-order valence-corrected chi connectivity index (χ0v) is 7.93. The maximum absolute atomic E-state index is 11.3. The number of H-pyrrole nitrogens is 1. The lowest BCUT2D eigenvalue weighted by molar-refractivity contribution is -0.385. The van der Waals surface area contributed by atoms with Crippen LogP contribution in [0.4, 0.5) is 5.69 Å². The molecule has 2 rings (SSSR count). The number of fused-ring (bicyclic) bond motifs is 1. The molecule has 0 amide bonds. The lowest BCUT2D eigenvalue weighted by Crippen LogP contribution is -2.15.